The molecular weight excluding hydrogens is 298 g/mol. The fraction of sp³-hybridized carbons (Fsp3) is 0.333. The minimum atomic E-state index is 0.149. The van der Waals surface area contributed by atoms with Gasteiger partial charge in [0.2, 0.25) is 0 Å². The maximum Gasteiger partial charge on any atom is 0.142 e. The molecular formula is C18H22ClNO2. The fourth-order valence-corrected chi connectivity index (χ4v) is 2.15. The lowest BCUT2D eigenvalue weighted by molar-refractivity contribution is 0.243. The van der Waals surface area contributed by atoms with Crippen molar-refractivity contribution in [2.24, 2.45) is 0 Å². The molecule has 118 valence electrons. The highest BCUT2D eigenvalue weighted by Gasteiger charge is 2.04. The number of para-hydroxylation sites is 2. The molecule has 0 radical (unpaired) electrons. The Balaban J connectivity index is 1.85. The molecule has 4 heteroatoms. The Hall–Kier alpha value is -1.87. The quantitative estimate of drug-likeness (QED) is 0.734. The van der Waals surface area contributed by atoms with Gasteiger partial charge in [0.05, 0.1) is 11.8 Å². The van der Waals surface area contributed by atoms with Crippen LogP contribution < -0.4 is 14.8 Å². The molecule has 0 unspecified atom stereocenters. The van der Waals surface area contributed by atoms with Crippen LogP contribution in [0, 0.1) is 6.92 Å². The summed E-state index contributed by atoms with van der Waals surface area (Å²) in [6, 6.07) is 13.6. The minimum Gasteiger partial charge on any atom is -0.492 e. The number of ether oxygens (including phenoxy) is 2. The maximum absolute atomic E-state index is 6.00. The molecule has 0 saturated carbocycles. The first-order valence-electron chi connectivity index (χ1n) is 7.45. The zero-order chi connectivity index (χ0) is 15.9. The van der Waals surface area contributed by atoms with Crippen molar-refractivity contribution in [3.05, 3.63) is 53.1 Å². The number of anilines is 1. The molecule has 0 atom stereocenters. The van der Waals surface area contributed by atoms with Crippen LogP contribution in [0.3, 0.4) is 0 Å². The molecule has 0 bridgehead atoms. The third-order valence-electron chi connectivity index (χ3n) is 3.07. The van der Waals surface area contributed by atoms with Gasteiger partial charge in [0, 0.05) is 11.6 Å². The van der Waals surface area contributed by atoms with E-state index in [2.05, 4.69) is 5.32 Å². The molecule has 0 heterocycles. The standard InChI is InChI=1S/C18H22ClNO2/c1-13(2)22-18-7-5-4-6-17(18)20-10-11-21-15-8-9-16(19)14(3)12-15/h4-9,12-13,20H,10-11H2,1-3H3. The maximum atomic E-state index is 6.00. The lowest BCUT2D eigenvalue weighted by Gasteiger charge is -2.15. The molecule has 0 amide bonds. The predicted molar refractivity (Wildman–Crippen MR) is 92.4 cm³/mol. The smallest absolute Gasteiger partial charge is 0.142 e. The van der Waals surface area contributed by atoms with E-state index in [-0.39, 0.29) is 6.10 Å². The second kappa shape index (κ2) is 7.95. The van der Waals surface area contributed by atoms with Crippen LogP contribution in [0.5, 0.6) is 11.5 Å². The minimum absolute atomic E-state index is 0.149. The molecule has 2 rings (SSSR count). The summed E-state index contributed by atoms with van der Waals surface area (Å²) in [5.41, 5.74) is 2.00. The van der Waals surface area contributed by atoms with E-state index in [1.165, 1.54) is 0 Å². The topological polar surface area (TPSA) is 30.5 Å². The molecule has 2 aromatic rings. The fourth-order valence-electron chi connectivity index (χ4n) is 2.03. The van der Waals surface area contributed by atoms with E-state index in [4.69, 9.17) is 21.1 Å². The number of aryl methyl sites for hydroxylation is 1. The first-order chi connectivity index (χ1) is 10.6. The van der Waals surface area contributed by atoms with Crippen molar-refractivity contribution in [1.29, 1.82) is 0 Å². The molecule has 3 nitrogen and oxygen atoms in total. The van der Waals surface area contributed by atoms with Crippen LogP contribution in [0.15, 0.2) is 42.5 Å². The Morgan fingerprint density at radius 3 is 2.64 bits per heavy atom. The summed E-state index contributed by atoms with van der Waals surface area (Å²) in [6.07, 6.45) is 0.149. The third-order valence-corrected chi connectivity index (χ3v) is 3.49. The lowest BCUT2D eigenvalue weighted by atomic mass is 10.2. The van der Waals surface area contributed by atoms with Crippen molar-refractivity contribution >= 4 is 17.3 Å². The van der Waals surface area contributed by atoms with Gasteiger partial charge in [-0.1, -0.05) is 23.7 Å². The van der Waals surface area contributed by atoms with Crippen molar-refractivity contribution in [3.63, 3.8) is 0 Å². The zero-order valence-electron chi connectivity index (χ0n) is 13.2. The van der Waals surface area contributed by atoms with E-state index in [9.17, 15) is 0 Å². The molecule has 0 aliphatic rings. The molecule has 2 aromatic carbocycles. The number of halogens is 1. The van der Waals surface area contributed by atoms with Gasteiger partial charge in [-0.15, -0.1) is 0 Å². The summed E-state index contributed by atoms with van der Waals surface area (Å²) in [5.74, 6) is 1.69. The predicted octanol–water partition coefficient (Wildman–Crippen LogP) is 4.93. The summed E-state index contributed by atoms with van der Waals surface area (Å²) >= 11 is 6.00. The first kappa shape index (κ1) is 16.5. The van der Waals surface area contributed by atoms with Crippen molar-refractivity contribution in [3.8, 4) is 11.5 Å². The van der Waals surface area contributed by atoms with E-state index >= 15 is 0 Å². The highest BCUT2D eigenvalue weighted by molar-refractivity contribution is 6.31. The van der Waals surface area contributed by atoms with Gasteiger partial charge in [-0.25, -0.2) is 0 Å². The molecule has 0 spiro atoms. The highest BCUT2D eigenvalue weighted by atomic mass is 35.5. The second-order valence-corrected chi connectivity index (χ2v) is 5.76. The molecule has 0 aliphatic heterocycles. The van der Waals surface area contributed by atoms with Crippen LogP contribution in [0.1, 0.15) is 19.4 Å². The number of nitrogens with one attached hydrogen (secondary N) is 1. The van der Waals surface area contributed by atoms with Gasteiger partial charge in [0.25, 0.3) is 0 Å². The number of hydrogen-bond donors (Lipinski definition) is 1. The van der Waals surface area contributed by atoms with Crippen LogP contribution in [0.4, 0.5) is 5.69 Å². The lowest BCUT2D eigenvalue weighted by Crippen LogP contribution is -2.13. The van der Waals surface area contributed by atoms with Gasteiger partial charge in [-0.2, -0.15) is 0 Å². The summed E-state index contributed by atoms with van der Waals surface area (Å²) in [4.78, 5) is 0. The Morgan fingerprint density at radius 2 is 1.91 bits per heavy atom. The van der Waals surface area contributed by atoms with Crippen LogP contribution in [-0.2, 0) is 0 Å². The largest absolute Gasteiger partial charge is 0.492 e. The van der Waals surface area contributed by atoms with Crippen LogP contribution in [0.2, 0.25) is 5.02 Å². The van der Waals surface area contributed by atoms with Crippen molar-refractivity contribution in [2.75, 3.05) is 18.5 Å². The van der Waals surface area contributed by atoms with Crippen molar-refractivity contribution in [2.45, 2.75) is 26.9 Å². The summed E-state index contributed by atoms with van der Waals surface area (Å²) in [6.45, 7) is 7.26. The Bertz CT molecular complexity index is 614. The van der Waals surface area contributed by atoms with Crippen molar-refractivity contribution < 1.29 is 9.47 Å². The Kier molecular flexibility index (Phi) is 5.96. The molecule has 1 N–H and O–H groups in total. The molecule has 22 heavy (non-hydrogen) atoms. The first-order valence-corrected chi connectivity index (χ1v) is 7.82. The van der Waals surface area contributed by atoms with Gasteiger partial charge in [0.15, 0.2) is 0 Å². The van der Waals surface area contributed by atoms with Crippen LogP contribution in [0.25, 0.3) is 0 Å². The Morgan fingerprint density at radius 1 is 1.14 bits per heavy atom. The summed E-state index contributed by atoms with van der Waals surface area (Å²) in [5, 5.41) is 4.09. The van der Waals surface area contributed by atoms with Crippen LogP contribution in [-0.4, -0.2) is 19.3 Å². The number of benzene rings is 2. The van der Waals surface area contributed by atoms with E-state index in [0.29, 0.717) is 13.2 Å². The average Bonchev–Trinajstić information content (AvgIpc) is 2.48. The van der Waals surface area contributed by atoms with Crippen molar-refractivity contribution in [1.82, 2.24) is 0 Å². The molecule has 0 aliphatic carbocycles. The molecule has 0 saturated heterocycles. The second-order valence-electron chi connectivity index (χ2n) is 5.35. The highest BCUT2D eigenvalue weighted by Crippen LogP contribution is 2.25. The van der Waals surface area contributed by atoms with E-state index in [1.54, 1.807) is 0 Å². The van der Waals surface area contributed by atoms with E-state index in [0.717, 1.165) is 27.8 Å². The normalized spacial score (nSPS) is 10.6. The Labute approximate surface area is 137 Å². The SMILES string of the molecule is Cc1cc(OCCNc2ccccc2OC(C)C)ccc1Cl. The van der Waals surface area contributed by atoms with Gasteiger partial charge in [-0.05, 0) is 56.7 Å². The van der Waals surface area contributed by atoms with Gasteiger partial charge in [-0.3, -0.25) is 0 Å². The van der Waals surface area contributed by atoms with Gasteiger partial charge >= 0.3 is 0 Å². The molecule has 0 aromatic heterocycles. The third kappa shape index (κ3) is 4.85. The monoisotopic (exact) mass is 319 g/mol. The zero-order valence-corrected chi connectivity index (χ0v) is 14.0. The van der Waals surface area contributed by atoms with Gasteiger partial charge in [0.1, 0.15) is 18.1 Å². The van der Waals surface area contributed by atoms with E-state index < -0.39 is 0 Å². The number of rotatable bonds is 7. The summed E-state index contributed by atoms with van der Waals surface area (Å²) in [7, 11) is 0. The van der Waals surface area contributed by atoms with Crippen LogP contribution >= 0.6 is 11.6 Å². The number of hydrogen-bond acceptors (Lipinski definition) is 3. The van der Waals surface area contributed by atoms with E-state index in [1.807, 2.05) is 63.2 Å². The average molecular weight is 320 g/mol. The molecule has 0 fully saturated rings. The van der Waals surface area contributed by atoms with Gasteiger partial charge < -0.3 is 14.8 Å². The summed E-state index contributed by atoms with van der Waals surface area (Å²) < 4.78 is 11.5.